The fourth-order valence-corrected chi connectivity index (χ4v) is 1.82. The molecule has 94 valence electrons. The monoisotopic (exact) mass is 335 g/mol. The summed E-state index contributed by atoms with van der Waals surface area (Å²) in [5, 5.41) is 2.08. The lowest BCUT2D eigenvalue weighted by Crippen LogP contribution is -2.13. The lowest BCUT2D eigenvalue weighted by Gasteiger charge is -2.06. The van der Waals surface area contributed by atoms with Gasteiger partial charge in [0.1, 0.15) is 5.69 Å². The molecule has 0 unspecified atom stereocenters. The Morgan fingerprint density at radius 2 is 1.89 bits per heavy atom. The Labute approximate surface area is 114 Å². The number of nitrogens with one attached hydrogen (secondary N) is 1. The van der Waals surface area contributed by atoms with Gasteiger partial charge in [0.25, 0.3) is 5.91 Å². The van der Waals surface area contributed by atoms with Crippen molar-refractivity contribution in [1.29, 1.82) is 0 Å². The molecule has 0 fully saturated rings. The number of rotatable bonds is 2. The molecule has 0 saturated carbocycles. The Bertz CT molecular complexity index is 592. The van der Waals surface area contributed by atoms with Gasteiger partial charge in [-0.15, -0.1) is 0 Å². The normalized spacial score (nSPS) is 10.4. The molecule has 0 aliphatic carbocycles. The van der Waals surface area contributed by atoms with Gasteiger partial charge in [0.15, 0.2) is 22.6 Å². The van der Waals surface area contributed by atoms with E-state index in [-0.39, 0.29) is 15.5 Å². The molecule has 2 rings (SSSR count). The molecular formula is C11H5BrClF2NO2. The molecule has 2 aromatic rings. The second kappa shape index (κ2) is 5.07. The molecule has 0 aliphatic heterocycles. The maximum atomic E-state index is 13.5. The van der Waals surface area contributed by atoms with Crippen molar-refractivity contribution < 1.29 is 18.0 Å². The SMILES string of the molecule is O=C(Nc1c(F)cc(Br)cc1F)c1ccc(Cl)o1. The fourth-order valence-electron chi connectivity index (χ4n) is 1.27. The number of amides is 1. The first kappa shape index (κ1) is 13.0. The van der Waals surface area contributed by atoms with Crippen LogP contribution in [0.5, 0.6) is 0 Å². The molecule has 1 heterocycles. The van der Waals surface area contributed by atoms with E-state index in [1.807, 2.05) is 0 Å². The van der Waals surface area contributed by atoms with Crippen LogP contribution in [0.4, 0.5) is 14.5 Å². The summed E-state index contributed by atoms with van der Waals surface area (Å²) in [4.78, 5) is 11.6. The van der Waals surface area contributed by atoms with E-state index in [2.05, 4.69) is 21.2 Å². The van der Waals surface area contributed by atoms with Crippen molar-refractivity contribution in [1.82, 2.24) is 0 Å². The number of carbonyl (C=O) groups excluding carboxylic acids is 1. The van der Waals surface area contributed by atoms with Crippen molar-refractivity contribution in [3.05, 3.63) is 51.4 Å². The van der Waals surface area contributed by atoms with Gasteiger partial charge in [-0.1, -0.05) is 15.9 Å². The summed E-state index contributed by atoms with van der Waals surface area (Å²) in [7, 11) is 0. The van der Waals surface area contributed by atoms with E-state index in [1.54, 1.807) is 0 Å². The molecule has 1 N–H and O–H groups in total. The number of halogens is 4. The highest BCUT2D eigenvalue weighted by Crippen LogP contribution is 2.24. The van der Waals surface area contributed by atoms with Crippen LogP contribution in [0.2, 0.25) is 5.22 Å². The highest BCUT2D eigenvalue weighted by atomic mass is 79.9. The van der Waals surface area contributed by atoms with Crippen LogP contribution in [0.15, 0.2) is 33.2 Å². The third kappa shape index (κ3) is 2.70. The molecular weight excluding hydrogens is 331 g/mol. The van der Waals surface area contributed by atoms with Crippen molar-refractivity contribution in [3.8, 4) is 0 Å². The number of hydrogen-bond donors (Lipinski definition) is 1. The smallest absolute Gasteiger partial charge is 0.291 e. The molecule has 7 heteroatoms. The van der Waals surface area contributed by atoms with Crippen LogP contribution < -0.4 is 5.32 Å². The van der Waals surface area contributed by atoms with E-state index in [9.17, 15) is 13.6 Å². The van der Waals surface area contributed by atoms with Gasteiger partial charge in [0.05, 0.1) is 0 Å². The van der Waals surface area contributed by atoms with E-state index < -0.39 is 23.2 Å². The molecule has 0 atom stereocenters. The van der Waals surface area contributed by atoms with Crippen LogP contribution >= 0.6 is 27.5 Å². The summed E-state index contributed by atoms with van der Waals surface area (Å²) in [5.74, 6) is -2.72. The van der Waals surface area contributed by atoms with Crippen LogP contribution in [-0.2, 0) is 0 Å². The summed E-state index contributed by atoms with van der Waals surface area (Å²) < 4.78 is 32.0. The predicted molar refractivity (Wildman–Crippen MR) is 65.7 cm³/mol. The zero-order chi connectivity index (χ0) is 13.3. The first-order valence-electron chi connectivity index (χ1n) is 4.68. The van der Waals surface area contributed by atoms with Crippen LogP contribution in [0.3, 0.4) is 0 Å². The van der Waals surface area contributed by atoms with E-state index in [1.165, 1.54) is 12.1 Å². The maximum Gasteiger partial charge on any atom is 0.291 e. The summed E-state index contributed by atoms with van der Waals surface area (Å²) in [6.07, 6.45) is 0. The van der Waals surface area contributed by atoms with Gasteiger partial charge in [0.2, 0.25) is 0 Å². The lowest BCUT2D eigenvalue weighted by molar-refractivity contribution is 0.0995. The first-order chi connectivity index (χ1) is 8.47. The van der Waals surface area contributed by atoms with Gasteiger partial charge in [-0.05, 0) is 35.9 Å². The zero-order valence-electron chi connectivity index (χ0n) is 8.64. The van der Waals surface area contributed by atoms with Crippen LogP contribution in [0, 0.1) is 11.6 Å². The van der Waals surface area contributed by atoms with Crippen LogP contribution in [-0.4, -0.2) is 5.91 Å². The number of benzene rings is 1. The Kier molecular flexibility index (Phi) is 3.68. The maximum absolute atomic E-state index is 13.5. The lowest BCUT2D eigenvalue weighted by atomic mass is 10.3. The molecule has 0 spiro atoms. The molecule has 1 aromatic heterocycles. The van der Waals surface area contributed by atoms with Crippen molar-refractivity contribution in [2.24, 2.45) is 0 Å². The molecule has 0 radical (unpaired) electrons. The third-order valence-electron chi connectivity index (χ3n) is 2.04. The molecule has 0 bridgehead atoms. The Morgan fingerprint density at radius 1 is 1.28 bits per heavy atom. The predicted octanol–water partition coefficient (Wildman–Crippen LogP) is 4.23. The van der Waals surface area contributed by atoms with E-state index in [0.717, 1.165) is 12.1 Å². The topological polar surface area (TPSA) is 42.2 Å². The summed E-state index contributed by atoms with van der Waals surface area (Å²) in [6, 6.07) is 4.72. The molecule has 0 aliphatic rings. The minimum absolute atomic E-state index is 0.0110. The summed E-state index contributed by atoms with van der Waals surface area (Å²) in [5.41, 5.74) is -0.546. The summed E-state index contributed by atoms with van der Waals surface area (Å²) in [6.45, 7) is 0. The van der Waals surface area contributed by atoms with Gasteiger partial charge in [0, 0.05) is 4.47 Å². The van der Waals surface area contributed by atoms with Crippen molar-refractivity contribution in [3.63, 3.8) is 0 Å². The van der Waals surface area contributed by atoms with Crippen LogP contribution in [0.1, 0.15) is 10.6 Å². The molecule has 1 amide bonds. The standard InChI is InChI=1S/C11H5BrClF2NO2/c12-5-3-6(14)10(7(15)4-5)16-11(17)8-1-2-9(13)18-8/h1-4H,(H,16,17). The first-order valence-corrected chi connectivity index (χ1v) is 5.85. The van der Waals surface area contributed by atoms with Gasteiger partial charge < -0.3 is 9.73 Å². The van der Waals surface area contributed by atoms with E-state index in [0.29, 0.717) is 0 Å². The quantitative estimate of drug-likeness (QED) is 0.892. The third-order valence-corrected chi connectivity index (χ3v) is 2.70. The minimum atomic E-state index is -0.895. The molecule has 1 aromatic carbocycles. The zero-order valence-corrected chi connectivity index (χ0v) is 11.0. The van der Waals surface area contributed by atoms with E-state index >= 15 is 0 Å². The molecule has 0 saturated heterocycles. The second-order valence-electron chi connectivity index (χ2n) is 3.30. The Balaban J connectivity index is 2.27. The molecule has 18 heavy (non-hydrogen) atoms. The van der Waals surface area contributed by atoms with Gasteiger partial charge in [-0.25, -0.2) is 8.78 Å². The largest absolute Gasteiger partial charge is 0.440 e. The highest BCUT2D eigenvalue weighted by molar-refractivity contribution is 9.10. The van der Waals surface area contributed by atoms with Gasteiger partial charge in [-0.2, -0.15) is 0 Å². The van der Waals surface area contributed by atoms with Crippen LogP contribution in [0.25, 0.3) is 0 Å². The van der Waals surface area contributed by atoms with Crippen molar-refractivity contribution >= 4 is 39.1 Å². The minimum Gasteiger partial charge on any atom is -0.440 e. The molecule has 3 nitrogen and oxygen atoms in total. The summed E-state index contributed by atoms with van der Waals surface area (Å²) >= 11 is 8.42. The Morgan fingerprint density at radius 3 is 2.39 bits per heavy atom. The number of carbonyl (C=O) groups is 1. The Hall–Kier alpha value is -1.40. The number of furan rings is 1. The fraction of sp³-hybridized carbons (Fsp3) is 0. The van der Waals surface area contributed by atoms with Gasteiger partial charge in [-0.3, -0.25) is 4.79 Å². The highest BCUT2D eigenvalue weighted by Gasteiger charge is 2.16. The number of anilines is 1. The van der Waals surface area contributed by atoms with Crippen molar-refractivity contribution in [2.75, 3.05) is 5.32 Å². The average Bonchev–Trinajstić information content (AvgIpc) is 2.70. The van der Waals surface area contributed by atoms with Crippen molar-refractivity contribution in [2.45, 2.75) is 0 Å². The number of hydrogen-bond acceptors (Lipinski definition) is 2. The second-order valence-corrected chi connectivity index (χ2v) is 4.59. The van der Waals surface area contributed by atoms with E-state index in [4.69, 9.17) is 16.0 Å². The average molecular weight is 337 g/mol. The van der Waals surface area contributed by atoms with Gasteiger partial charge >= 0.3 is 0 Å².